The maximum Gasteiger partial charge on any atom is 0.232 e. The average Bonchev–Trinajstić information content (AvgIpc) is 3.24. The summed E-state index contributed by atoms with van der Waals surface area (Å²) in [6.07, 6.45) is 3.52. The molecule has 2 heterocycles. The first-order chi connectivity index (χ1) is 11.7. The van der Waals surface area contributed by atoms with Gasteiger partial charge in [0.25, 0.3) is 0 Å². The fraction of sp³-hybridized carbons (Fsp3) is 0.263. The molecule has 5 heteroatoms. The molecule has 0 aliphatic carbocycles. The quantitative estimate of drug-likeness (QED) is 0.768. The summed E-state index contributed by atoms with van der Waals surface area (Å²) in [6.45, 7) is 4.97. The SMILES string of the molecule is C=CCN(C(=O)[C@@H]1CC(=O)N(Cc2ccco2)C1)c1ccccc1. The van der Waals surface area contributed by atoms with E-state index in [2.05, 4.69) is 6.58 Å². The first-order valence-corrected chi connectivity index (χ1v) is 7.96. The number of benzene rings is 1. The van der Waals surface area contributed by atoms with E-state index in [1.807, 2.05) is 36.4 Å². The maximum absolute atomic E-state index is 12.9. The fourth-order valence-electron chi connectivity index (χ4n) is 2.96. The summed E-state index contributed by atoms with van der Waals surface area (Å²) >= 11 is 0. The van der Waals surface area contributed by atoms with Crippen LogP contribution in [-0.4, -0.2) is 29.8 Å². The van der Waals surface area contributed by atoms with Crippen LogP contribution in [0.4, 0.5) is 5.69 Å². The lowest BCUT2D eigenvalue weighted by molar-refractivity contribution is -0.129. The van der Waals surface area contributed by atoms with Crippen LogP contribution in [0.15, 0.2) is 65.8 Å². The Balaban J connectivity index is 1.72. The van der Waals surface area contributed by atoms with Crippen molar-refractivity contribution in [3.63, 3.8) is 0 Å². The fourth-order valence-corrected chi connectivity index (χ4v) is 2.96. The number of hydrogen-bond acceptors (Lipinski definition) is 3. The Hall–Kier alpha value is -2.82. The van der Waals surface area contributed by atoms with Crippen LogP contribution in [0.5, 0.6) is 0 Å². The van der Waals surface area contributed by atoms with Gasteiger partial charge in [0.15, 0.2) is 0 Å². The highest BCUT2D eigenvalue weighted by Crippen LogP contribution is 2.25. The van der Waals surface area contributed by atoms with Crippen LogP contribution in [-0.2, 0) is 16.1 Å². The molecule has 1 aromatic carbocycles. The number of nitrogens with zero attached hydrogens (tertiary/aromatic N) is 2. The zero-order chi connectivity index (χ0) is 16.9. The molecule has 0 bridgehead atoms. The van der Waals surface area contributed by atoms with Gasteiger partial charge in [-0.05, 0) is 24.3 Å². The van der Waals surface area contributed by atoms with Crippen molar-refractivity contribution in [2.24, 2.45) is 5.92 Å². The summed E-state index contributed by atoms with van der Waals surface area (Å²) < 4.78 is 5.29. The first-order valence-electron chi connectivity index (χ1n) is 7.96. The Bertz CT molecular complexity index is 709. The molecule has 1 aliphatic rings. The minimum atomic E-state index is -0.340. The van der Waals surface area contributed by atoms with Crippen LogP contribution < -0.4 is 4.90 Å². The Morgan fingerprint density at radius 1 is 1.29 bits per heavy atom. The number of rotatable bonds is 6. The Kier molecular flexibility index (Phi) is 4.79. The van der Waals surface area contributed by atoms with Gasteiger partial charge in [0.2, 0.25) is 11.8 Å². The lowest BCUT2D eigenvalue weighted by Gasteiger charge is -2.24. The topological polar surface area (TPSA) is 53.8 Å². The average molecular weight is 324 g/mol. The maximum atomic E-state index is 12.9. The van der Waals surface area contributed by atoms with Crippen LogP contribution in [0.25, 0.3) is 0 Å². The molecule has 24 heavy (non-hydrogen) atoms. The van der Waals surface area contributed by atoms with Crippen molar-refractivity contribution in [3.8, 4) is 0 Å². The van der Waals surface area contributed by atoms with E-state index >= 15 is 0 Å². The van der Waals surface area contributed by atoms with Gasteiger partial charge in [-0.3, -0.25) is 9.59 Å². The van der Waals surface area contributed by atoms with Gasteiger partial charge in [0, 0.05) is 25.2 Å². The number of anilines is 1. The zero-order valence-corrected chi connectivity index (χ0v) is 13.4. The molecule has 3 rings (SSSR count). The molecule has 5 nitrogen and oxygen atoms in total. The third-order valence-corrected chi connectivity index (χ3v) is 4.14. The van der Waals surface area contributed by atoms with Crippen molar-refractivity contribution in [3.05, 3.63) is 67.1 Å². The zero-order valence-electron chi connectivity index (χ0n) is 13.4. The third kappa shape index (κ3) is 3.40. The van der Waals surface area contributed by atoms with E-state index in [4.69, 9.17) is 4.42 Å². The molecule has 1 atom stereocenters. The van der Waals surface area contributed by atoms with Gasteiger partial charge in [-0.15, -0.1) is 6.58 Å². The molecule has 0 radical (unpaired) electrons. The largest absolute Gasteiger partial charge is 0.467 e. The highest BCUT2D eigenvalue weighted by atomic mass is 16.3. The molecule has 124 valence electrons. The molecule has 0 saturated carbocycles. The predicted octanol–water partition coefficient (Wildman–Crippen LogP) is 2.85. The molecule has 0 spiro atoms. The number of carbonyl (C=O) groups excluding carboxylic acids is 2. The molecule has 1 fully saturated rings. The number of carbonyl (C=O) groups is 2. The van der Waals surface area contributed by atoms with Gasteiger partial charge in [-0.2, -0.15) is 0 Å². The lowest BCUT2D eigenvalue weighted by Crippen LogP contribution is -2.37. The van der Waals surface area contributed by atoms with Gasteiger partial charge in [0.05, 0.1) is 18.7 Å². The highest BCUT2D eigenvalue weighted by molar-refractivity contribution is 5.99. The lowest BCUT2D eigenvalue weighted by atomic mass is 10.1. The van der Waals surface area contributed by atoms with Crippen molar-refractivity contribution < 1.29 is 14.0 Å². The predicted molar refractivity (Wildman–Crippen MR) is 91.2 cm³/mol. The van der Waals surface area contributed by atoms with Crippen LogP contribution in [0.2, 0.25) is 0 Å². The highest BCUT2D eigenvalue weighted by Gasteiger charge is 2.36. The number of para-hydroxylation sites is 1. The van der Waals surface area contributed by atoms with Crippen molar-refractivity contribution in [1.29, 1.82) is 0 Å². The van der Waals surface area contributed by atoms with Crippen molar-refractivity contribution in [2.75, 3.05) is 18.0 Å². The van der Waals surface area contributed by atoms with E-state index in [1.165, 1.54) is 0 Å². The number of likely N-dealkylation sites (tertiary alicyclic amines) is 1. The standard InChI is InChI=1S/C19H20N2O3/c1-2-10-21(16-7-4-3-5-8-16)19(23)15-12-18(22)20(13-15)14-17-9-6-11-24-17/h2-9,11,15H,1,10,12-14H2/t15-/m1/s1. The van der Waals surface area contributed by atoms with Crippen LogP contribution >= 0.6 is 0 Å². The van der Waals surface area contributed by atoms with E-state index < -0.39 is 0 Å². The van der Waals surface area contributed by atoms with Gasteiger partial charge in [-0.25, -0.2) is 0 Å². The minimum absolute atomic E-state index is 0.0173. The Morgan fingerprint density at radius 3 is 2.75 bits per heavy atom. The number of furan rings is 1. The van der Waals surface area contributed by atoms with Crippen molar-refractivity contribution in [2.45, 2.75) is 13.0 Å². The van der Waals surface area contributed by atoms with E-state index in [1.54, 1.807) is 28.2 Å². The second kappa shape index (κ2) is 7.17. The second-order valence-corrected chi connectivity index (χ2v) is 5.83. The Labute approximate surface area is 141 Å². The summed E-state index contributed by atoms with van der Waals surface area (Å²) in [5.41, 5.74) is 0.819. The summed E-state index contributed by atoms with van der Waals surface area (Å²) in [7, 11) is 0. The number of amides is 2. The van der Waals surface area contributed by atoms with Gasteiger partial charge >= 0.3 is 0 Å². The van der Waals surface area contributed by atoms with E-state index in [0.717, 1.165) is 11.4 Å². The van der Waals surface area contributed by atoms with Crippen molar-refractivity contribution >= 4 is 17.5 Å². The van der Waals surface area contributed by atoms with Gasteiger partial charge in [0.1, 0.15) is 5.76 Å². The minimum Gasteiger partial charge on any atom is -0.467 e. The third-order valence-electron chi connectivity index (χ3n) is 4.14. The summed E-state index contributed by atoms with van der Waals surface area (Å²) in [5.74, 6) is 0.322. The first kappa shape index (κ1) is 16.1. The van der Waals surface area contributed by atoms with E-state index in [0.29, 0.717) is 19.6 Å². The van der Waals surface area contributed by atoms with E-state index in [9.17, 15) is 9.59 Å². The van der Waals surface area contributed by atoms with Crippen LogP contribution in [0, 0.1) is 5.92 Å². The van der Waals surface area contributed by atoms with E-state index in [-0.39, 0.29) is 24.2 Å². The molecule has 0 N–H and O–H groups in total. The molecule has 2 aromatic rings. The number of hydrogen-bond donors (Lipinski definition) is 0. The molecule has 0 unspecified atom stereocenters. The smallest absolute Gasteiger partial charge is 0.232 e. The molecule has 1 aromatic heterocycles. The summed E-state index contributed by atoms with van der Waals surface area (Å²) in [4.78, 5) is 28.5. The van der Waals surface area contributed by atoms with Gasteiger partial charge < -0.3 is 14.2 Å². The monoisotopic (exact) mass is 324 g/mol. The van der Waals surface area contributed by atoms with Crippen molar-refractivity contribution in [1.82, 2.24) is 4.90 Å². The van der Waals surface area contributed by atoms with Crippen LogP contribution in [0.1, 0.15) is 12.2 Å². The summed E-state index contributed by atoms with van der Waals surface area (Å²) in [5, 5.41) is 0. The molecule has 2 amide bonds. The molecular weight excluding hydrogens is 304 g/mol. The Morgan fingerprint density at radius 2 is 2.08 bits per heavy atom. The normalized spacial score (nSPS) is 17.1. The second-order valence-electron chi connectivity index (χ2n) is 5.83. The molecular formula is C19H20N2O3. The van der Waals surface area contributed by atoms with Crippen LogP contribution in [0.3, 0.4) is 0 Å². The molecule has 1 aliphatic heterocycles. The molecule has 1 saturated heterocycles. The van der Waals surface area contributed by atoms with Gasteiger partial charge in [-0.1, -0.05) is 24.3 Å². The summed E-state index contributed by atoms with van der Waals surface area (Å²) in [6, 6.07) is 13.1.